The lowest BCUT2D eigenvalue weighted by Gasteiger charge is -2.27. The van der Waals surface area contributed by atoms with Crippen molar-refractivity contribution in [2.24, 2.45) is 7.05 Å². The summed E-state index contributed by atoms with van der Waals surface area (Å²) in [6.45, 7) is 2.62. The fourth-order valence-corrected chi connectivity index (χ4v) is 1.92. The summed E-state index contributed by atoms with van der Waals surface area (Å²) in [5, 5.41) is 3.42. The number of ether oxygens (including phenoxy) is 1. The standard InChI is InChI=1S/C9H13BrN2O/c1-12-4-7(10)2-9(12)3-11-8-5-13-6-8/h2,4,8,11H,3,5-6H2,1H3. The molecule has 1 N–H and O–H groups in total. The van der Waals surface area contributed by atoms with Gasteiger partial charge in [0.15, 0.2) is 0 Å². The van der Waals surface area contributed by atoms with Crippen LogP contribution in [0.1, 0.15) is 5.69 Å². The normalized spacial score (nSPS) is 17.4. The van der Waals surface area contributed by atoms with Crippen LogP contribution < -0.4 is 5.32 Å². The zero-order chi connectivity index (χ0) is 9.26. The minimum atomic E-state index is 0.550. The number of aryl methyl sites for hydroxylation is 1. The van der Waals surface area contributed by atoms with Crippen molar-refractivity contribution in [3.05, 3.63) is 22.4 Å². The molecule has 1 fully saturated rings. The summed E-state index contributed by atoms with van der Waals surface area (Å²) in [6.07, 6.45) is 2.06. The van der Waals surface area contributed by atoms with Gasteiger partial charge in [-0.15, -0.1) is 0 Å². The lowest BCUT2D eigenvalue weighted by molar-refractivity contribution is -0.00598. The highest BCUT2D eigenvalue weighted by atomic mass is 79.9. The molecule has 1 aliphatic rings. The number of halogens is 1. The summed E-state index contributed by atoms with van der Waals surface area (Å²) in [4.78, 5) is 0. The Hall–Kier alpha value is -0.320. The first kappa shape index (κ1) is 9.24. The summed E-state index contributed by atoms with van der Waals surface area (Å²) in [5.41, 5.74) is 1.29. The summed E-state index contributed by atoms with van der Waals surface area (Å²) >= 11 is 3.45. The van der Waals surface area contributed by atoms with E-state index in [0.717, 1.165) is 24.2 Å². The highest BCUT2D eigenvalue weighted by Crippen LogP contribution is 2.13. The maximum absolute atomic E-state index is 5.08. The van der Waals surface area contributed by atoms with Gasteiger partial charge in [-0.25, -0.2) is 0 Å². The predicted octanol–water partition coefficient (Wildman–Crippen LogP) is 1.28. The van der Waals surface area contributed by atoms with E-state index >= 15 is 0 Å². The van der Waals surface area contributed by atoms with Crippen molar-refractivity contribution in [1.82, 2.24) is 9.88 Å². The molecule has 0 atom stereocenters. The first-order valence-corrected chi connectivity index (χ1v) is 5.17. The Kier molecular flexibility index (Phi) is 2.71. The average Bonchev–Trinajstić information content (AvgIpc) is 2.27. The average molecular weight is 245 g/mol. The SMILES string of the molecule is Cn1cc(Br)cc1CNC1COC1. The summed E-state index contributed by atoms with van der Waals surface area (Å²) in [5.74, 6) is 0. The maximum Gasteiger partial charge on any atom is 0.0643 e. The number of hydrogen-bond acceptors (Lipinski definition) is 2. The van der Waals surface area contributed by atoms with Crippen molar-refractivity contribution >= 4 is 15.9 Å². The number of nitrogens with zero attached hydrogens (tertiary/aromatic N) is 1. The van der Waals surface area contributed by atoms with E-state index in [2.05, 4.69) is 45.1 Å². The monoisotopic (exact) mass is 244 g/mol. The quantitative estimate of drug-likeness (QED) is 0.868. The zero-order valence-electron chi connectivity index (χ0n) is 7.59. The lowest BCUT2D eigenvalue weighted by Crippen LogP contribution is -2.45. The molecule has 4 heteroatoms. The van der Waals surface area contributed by atoms with E-state index in [1.807, 2.05) is 0 Å². The molecule has 1 aromatic heterocycles. The molecular formula is C9H13BrN2O. The molecular weight excluding hydrogens is 232 g/mol. The van der Waals surface area contributed by atoms with Crippen molar-refractivity contribution in [3.8, 4) is 0 Å². The molecule has 0 unspecified atom stereocenters. The topological polar surface area (TPSA) is 26.2 Å². The Morgan fingerprint density at radius 2 is 2.46 bits per heavy atom. The number of hydrogen-bond donors (Lipinski definition) is 1. The molecule has 0 aliphatic carbocycles. The molecule has 2 heterocycles. The van der Waals surface area contributed by atoms with Gasteiger partial charge in [0, 0.05) is 30.0 Å². The van der Waals surface area contributed by atoms with Crippen molar-refractivity contribution in [2.45, 2.75) is 12.6 Å². The maximum atomic E-state index is 5.08. The van der Waals surface area contributed by atoms with Gasteiger partial charge in [0.1, 0.15) is 0 Å². The molecule has 3 nitrogen and oxygen atoms in total. The van der Waals surface area contributed by atoms with Crippen LogP contribution in [-0.4, -0.2) is 23.8 Å². The molecule has 0 radical (unpaired) electrons. The molecule has 0 spiro atoms. The highest BCUT2D eigenvalue weighted by molar-refractivity contribution is 9.10. The third kappa shape index (κ3) is 2.13. The fraction of sp³-hybridized carbons (Fsp3) is 0.556. The van der Waals surface area contributed by atoms with Crippen LogP contribution in [0.15, 0.2) is 16.7 Å². The van der Waals surface area contributed by atoms with Gasteiger partial charge >= 0.3 is 0 Å². The fourth-order valence-electron chi connectivity index (χ4n) is 1.34. The highest BCUT2D eigenvalue weighted by Gasteiger charge is 2.17. The summed E-state index contributed by atoms with van der Waals surface area (Å²) < 4.78 is 8.34. The molecule has 1 saturated heterocycles. The third-order valence-electron chi connectivity index (χ3n) is 2.28. The minimum Gasteiger partial charge on any atom is -0.378 e. The smallest absolute Gasteiger partial charge is 0.0643 e. The molecule has 1 aromatic rings. The first-order valence-electron chi connectivity index (χ1n) is 4.37. The zero-order valence-corrected chi connectivity index (χ0v) is 9.17. The largest absolute Gasteiger partial charge is 0.378 e. The number of aromatic nitrogens is 1. The van der Waals surface area contributed by atoms with Crippen LogP contribution >= 0.6 is 15.9 Å². The molecule has 13 heavy (non-hydrogen) atoms. The Morgan fingerprint density at radius 3 is 2.92 bits per heavy atom. The van der Waals surface area contributed by atoms with Crippen molar-refractivity contribution in [3.63, 3.8) is 0 Å². The molecule has 0 saturated carbocycles. The summed E-state index contributed by atoms with van der Waals surface area (Å²) in [6, 6.07) is 2.68. The summed E-state index contributed by atoms with van der Waals surface area (Å²) in [7, 11) is 2.05. The number of rotatable bonds is 3. The second-order valence-corrected chi connectivity index (χ2v) is 4.29. The van der Waals surface area contributed by atoms with Gasteiger partial charge < -0.3 is 14.6 Å². The number of nitrogens with one attached hydrogen (secondary N) is 1. The lowest BCUT2D eigenvalue weighted by atomic mass is 10.2. The van der Waals surface area contributed by atoms with Crippen molar-refractivity contribution in [1.29, 1.82) is 0 Å². The van der Waals surface area contributed by atoms with Crippen LogP contribution in [0.4, 0.5) is 0 Å². The van der Waals surface area contributed by atoms with Gasteiger partial charge in [0.25, 0.3) is 0 Å². The van der Waals surface area contributed by atoms with Crippen LogP contribution in [0.3, 0.4) is 0 Å². The van der Waals surface area contributed by atoms with E-state index in [9.17, 15) is 0 Å². The van der Waals surface area contributed by atoms with Crippen molar-refractivity contribution in [2.75, 3.05) is 13.2 Å². The van der Waals surface area contributed by atoms with E-state index in [-0.39, 0.29) is 0 Å². The van der Waals surface area contributed by atoms with Gasteiger partial charge in [0.2, 0.25) is 0 Å². The molecule has 1 aliphatic heterocycles. The molecule has 0 aromatic carbocycles. The van der Waals surface area contributed by atoms with Gasteiger partial charge in [-0.1, -0.05) is 0 Å². The Bertz CT molecular complexity index is 294. The van der Waals surface area contributed by atoms with Crippen LogP contribution in [0.5, 0.6) is 0 Å². The van der Waals surface area contributed by atoms with Crippen LogP contribution in [0.25, 0.3) is 0 Å². The van der Waals surface area contributed by atoms with Gasteiger partial charge in [-0.3, -0.25) is 0 Å². The second kappa shape index (κ2) is 3.82. The van der Waals surface area contributed by atoms with E-state index in [0.29, 0.717) is 6.04 Å². The molecule has 0 bridgehead atoms. The first-order chi connectivity index (χ1) is 6.25. The van der Waals surface area contributed by atoms with E-state index < -0.39 is 0 Å². The third-order valence-corrected chi connectivity index (χ3v) is 2.72. The van der Waals surface area contributed by atoms with E-state index in [4.69, 9.17) is 4.74 Å². The van der Waals surface area contributed by atoms with Crippen LogP contribution in [-0.2, 0) is 18.3 Å². The Balaban J connectivity index is 1.89. The van der Waals surface area contributed by atoms with Gasteiger partial charge in [-0.05, 0) is 22.0 Å². The Labute approximate surface area is 86.2 Å². The van der Waals surface area contributed by atoms with Crippen LogP contribution in [0, 0.1) is 0 Å². The van der Waals surface area contributed by atoms with Gasteiger partial charge in [0.05, 0.1) is 19.3 Å². The molecule has 0 amide bonds. The second-order valence-electron chi connectivity index (χ2n) is 3.38. The molecule has 2 rings (SSSR count). The predicted molar refractivity (Wildman–Crippen MR) is 54.6 cm³/mol. The van der Waals surface area contributed by atoms with Crippen molar-refractivity contribution < 1.29 is 4.74 Å². The molecule has 72 valence electrons. The minimum absolute atomic E-state index is 0.550. The van der Waals surface area contributed by atoms with Gasteiger partial charge in [-0.2, -0.15) is 0 Å². The van der Waals surface area contributed by atoms with E-state index in [1.165, 1.54) is 5.69 Å². The Morgan fingerprint density at radius 1 is 1.69 bits per heavy atom. The van der Waals surface area contributed by atoms with Crippen LogP contribution in [0.2, 0.25) is 0 Å². The van der Waals surface area contributed by atoms with E-state index in [1.54, 1.807) is 0 Å².